The number of primary amides is 1. The van der Waals surface area contributed by atoms with E-state index in [9.17, 15) is 9.59 Å². The molecule has 0 aliphatic carbocycles. The largest absolute Gasteiger partial charge is 0.477 e. The highest BCUT2D eigenvalue weighted by Crippen LogP contribution is 2.17. The van der Waals surface area contributed by atoms with Crippen molar-refractivity contribution in [3.8, 4) is 5.88 Å². The zero-order valence-corrected chi connectivity index (χ0v) is 12.2. The van der Waals surface area contributed by atoms with E-state index in [0.29, 0.717) is 12.2 Å². The molecule has 6 heteroatoms. The lowest BCUT2D eigenvalue weighted by atomic mass is 10.1. The van der Waals surface area contributed by atoms with Crippen LogP contribution in [-0.4, -0.2) is 23.4 Å². The third kappa shape index (κ3) is 3.60. The Balaban J connectivity index is 2.24. The second-order valence-corrected chi connectivity index (χ2v) is 4.51. The van der Waals surface area contributed by atoms with Crippen LogP contribution in [0.2, 0.25) is 0 Å². The van der Waals surface area contributed by atoms with E-state index in [1.807, 2.05) is 6.07 Å². The predicted octanol–water partition coefficient (Wildman–Crippen LogP) is 1.44. The van der Waals surface area contributed by atoms with Crippen LogP contribution in [-0.2, 0) is 4.79 Å². The van der Waals surface area contributed by atoms with Gasteiger partial charge in [-0.25, -0.2) is 4.98 Å². The molecule has 1 heterocycles. The van der Waals surface area contributed by atoms with Gasteiger partial charge in [0, 0.05) is 6.20 Å². The molecular formula is C16H17N3O3. The van der Waals surface area contributed by atoms with Gasteiger partial charge in [0.2, 0.25) is 11.8 Å². The topological polar surface area (TPSA) is 94.3 Å². The highest BCUT2D eigenvalue weighted by molar-refractivity contribution is 5.99. The summed E-state index contributed by atoms with van der Waals surface area (Å²) in [6.45, 7) is 2.18. The maximum atomic E-state index is 12.4. The van der Waals surface area contributed by atoms with Crippen molar-refractivity contribution < 1.29 is 14.3 Å². The fourth-order valence-electron chi connectivity index (χ4n) is 1.99. The standard InChI is InChI=1S/C16H17N3O3/c1-2-22-16-12(9-6-10-18-16)15(21)19-13(14(17)20)11-7-4-3-5-8-11/h3-10,13H,2H2,1H3,(H2,17,20)(H,19,21)/t13-/m0/s1. The van der Waals surface area contributed by atoms with E-state index >= 15 is 0 Å². The third-order valence-corrected chi connectivity index (χ3v) is 2.99. The maximum absolute atomic E-state index is 12.4. The van der Waals surface area contributed by atoms with Crippen molar-refractivity contribution in [2.45, 2.75) is 13.0 Å². The molecule has 2 aromatic rings. The van der Waals surface area contributed by atoms with E-state index in [0.717, 1.165) is 0 Å². The van der Waals surface area contributed by atoms with Gasteiger partial charge in [0.15, 0.2) is 0 Å². The molecule has 0 saturated carbocycles. The second-order valence-electron chi connectivity index (χ2n) is 4.51. The summed E-state index contributed by atoms with van der Waals surface area (Å²) in [6.07, 6.45) is 1.53. The van der Waals surface area contributed by atoms with Gasteiger partial charge in [0.1, 0.15) is 11.6 Å². The summed E-state index contributed by atoms with van der Waals surface area (Å²) >= 11 is 0. The molecule has 22 heavy (non-hydrogen) atoms. The number of pyridine rings is 1. The average Bonchev–Trinajstić information content (AvgIpc) is 2.54. The van der Waals surface area contributed by atoms with Crippen LogP contribution in [0.25, 0.3) is 0 Å². The fraction of sp³-hybridized carbons (Fsp3) is 0.188. The quantitative estimate of drug-likeness (QED) is 0.843. The molecule has 0 saturated heterocycles. The number of nitrogens with one attached hydrogen (secondary N) is 1. The molecule has 0 fully saturated rings. The summed E-state index contributed by atoms with van der Waals surface area (Å²) in [6, 6.07) is 11.1. The van der Waals surface area contributed by atoms with Crippen molar-refractivity contribution in [2.24, 2.45) is 5.73 Å². The van der Waals surface area contributed by atoms with E-state index in [2.05, 4.69) is 10.3 Å². The zero-order valence-electron chi connectivity index (χ0n) is 12.2. The van der Waals surface area contributed by atoms with Gasteiger partial charge < -0.3 is 15.8 Å². The number of nitrogens with zero attached hydrogens (tertiary/aromatic N) is 1. The van der Waals surface area contributed by atoms with Crippen molar-refractivity contribution in [1.29, 1.82) is 0 Å². The number of benzene rings is 1. The third-order valence-electron chi connectivity index (χ3n) is 2.99. The molecule has 3 N–H and O–H groups in total. The summed E-state index contributed by atoms with van der Waals surface area (Å²) < 4.78 is 5.32. The van der Waals surface area contributed by atoms with Gasteiger partial charge in [0.05, 0.1) is 6.61 Å². The first-order valence-electron chi connectivity index (χ1n) is 6.86. The van der Waals surface area contributed by atoms with Crippen molar-refractivity contribution in [3.05, 3.63) is 59.8 Å². The monoisotopic (exact) mass is 299 g/mol. The molecule has 0 bridgehead atoms. The SMILES string of the molecule is CCOc1ncccc1C(=O)N[C@H](C(N)=O)c1ccccc1. The minimum absolute atomic E-state index is 0.221. The number of aromatic nitrogens is 1. The van der Waals surface area contributed by atoms with E-state index in [-0.39, 0.29) is 11.4 Å². The molecule has 0 unspecified atom stereocenters. The van der Waals surface area contributed by atoms with E-state index in [1.54, 1.807) is 43.3 Å². The molecule has 1 atom stereocenters. The average molecular weight is 299 g/mol. The second kappa shape index (κ2) is 7.21. The number of amides is 2. The van der Waals surface area contributed by atoms with Crippen LogP contribution in [0.15, 0.2) is 48.7 Å². The molecular weight excluding hydrogens is 282 g/mol. The van der Waals surface area contributed by atoms with Gasteiger partial charge in [-0.3, -0.25) is 9.59 Å². The molecule has 1 aromatic carbocycles. The molecule has 0 spiro atoms. The number of hydrogen-bond acceptors (Lipinski definition) is 4. The van der Waals surface area contributed by atoms with Gasteiger partial charge in [-0.2, -0.15) is 0 Å². The Morgan fingerprint density at radius 1 is 1.23 bits per heavy atom. The number of nitrogens with two attached hydrogens (primary N) is 1. The lowest BCUT2D eigenvalue weighted by Crippen LogP contribution is -2.37. The van der Waals surface area contributed by atoms with Gasteiger partial charge in [-0.15, -0.1) is 0 Å². The van der Waals surface area contributed by atoms with Crippen LogP contribution in [0.1, 0.15) is 28.9 Å². The van der Waals surface area contributed by atoms with E-state index in [4.69, 9.17) is 10.5 Å². The van der Waals surface area contributed by atoms with E-state index < -0.39 is 17.9 Å². The first kappa shape index (κ1) is 15.5. The molecule has 6 nitrogen and oxygen atoms in total. The van der Waals surface area contributed by atoms with Gasteiger partial charge >= 0.3 is 0 Å². The van der Waals surface area contributed by atoms with Gasteiger partial charge in [-0.1, -0.05) is 30.3 Å². The number of hydrogen-bond donors (Lipinski definition) is 2. The number of ether oxygens (including phenoxy) is 1. The minimum atomic E-state index is -0.914. The Kier molecular flexibility index (Phi) is 5.08. The summed E-state index contributed by atoms with van der Waals surface area (Å²) in [5.74, 6) is -0.885. The van der Waals surface area contributed by atoms with Crippen molar-refractivity contribution in [3.63, 3.8) is 0 Å². The highest BCUT2D eigenvalue weighted by atomic mass is 16.5. The molecule has 2 rings (SSSR count). The Morgan fingerprint density at radius 2 is 1.95 bits per heavy atom. The zero-order chi connectivity index (χ0) is 15.9. The van der Waals surface area contributed by atoms with Crippen LogP contribution < -0.4 is 15.8 Å². The van der Waals surface area contributed by atoms with Crippen molar-refractivity contribution >= 4 is 11.8 Å². The first-order chi connectivity index (χ1) is 10.6. The summed E-state index contributed by atoms with van der Waals surface area (Å²) in [4.78, 5) is 28.0. The Bertz CT molecular complexity index is 659. The number of carbonyl (C=O) groups excluding carboxylic acids is 2. The summed E-state index contributed by atoms with van der Waals surface area (Å²) in [5.41, 5.74) is 6.26. The molecule has 1 aromatic heterocycles. The van der Waals surface area contributed by atoms with Crippen LogP contribution in [0, 0.1) is 0 Å². The Morgan fingerprint density at radius 3 is 2.59 bits per heavy atom. The first-order valence-corrected chi connectivity index (χ1v) is 6.86. The molecule has 114 valence electrons. The van der Waals surface area contributed by atoms with Gasteiger partial charge in [0.25, 0.3) is 5.91 Å². The maximum Gasteiger partial charge on any atom is 0.257 e. The minimum Gasteiger partial charge on any atom is -0.477 e. The normalized spacial score (nSPS) is 11.5. The summed E-state index contributed by atoms with van der Waals surface area (Å²) in [7, 11) is 0. The van der Waals surface area contributed by atoms with Crippen LogP contribution in [0.5, 0.6) is 5.88 Å². The smallest absolute Gasteiger partial charge is 0.257 e. The van der Waals surface area contributed by atoms with Crippen LogP contribution in [0.4, 0.5) is 0 Å². The molecule has 0 aliphatic rings. The van der Waals surface area contributed by atoms with Crippen LogP contribution >= 0.6 is 0 Å². The summed E-state index contributed by atoms with van der Waals surface area (Å²) in [5, 5.41) is 2.61. The number of rotatable bonds is 6. The Labute approximate surface area is 128 Å². The van der Waals surface area contributed by atoms with Gasteiger partial charge in [-0.05, 0) is 24.6 Å². The number of carbonyl (C=O) groups is 2. The fourth-order valence-corrected chi connectivity index (χ4v) is 1.99. The lowest BCUT2D eigenvalue weighted by molar-refractivity contribution is -0.120. The van der Waals surface area contributed by atoms with E-state index in [1.165, 1.54) is 6.20 Å². The van der Waals surface area contributed by atoms with Crippen LogP contribution in [0.3, 0.4) is 0 Å². The van der Waals surface area contributed by atoms with Crippen molar-refractivity contribution in [2.75, 3.05) is 6.61 Å². The molecule has 2 amide bonds. The molecule has 0 radical (unpaired) electrons. The van der Waals surface area contributed by atoms with Crippen molar-refractivity contribution in [1.82, 2.24) is 10.3 Å². The predicted molar refractivity (Wildman–Crippen MR) is 81.2 cm³/mol. The molecule has 0 aliphatic heterocycles. The lowest BCUT2D eigenvalue weighted by Gasteiger charge is -2.16. The Hall–Kier alpha value is -2.89. The highest BCUT2D eigenvalue weighted by Gasteiger charge is 2.22.